The first-order valence-electron chi connectivity index (χ1n) is 13.5. The number of hydrogen-bond acceptors (Lipinski definition) is 5. The fourth-order valence-electron chi connectivity index (χ4n) is 4.29. The van der Waals surface area contributed by atoms with E-state index in [2.05, 4.69) is 28.1 Å². The Morgan fingerprint density at radius 3 is 2.02 bits per heavy atom. The highest BCUT2D eigenvalue weighted by Crippen LogP contribution is 2.18. The molecule has 0 saturated carbocycles. The minimum Gasteiger partial charge on any atom is -0.445 e. The minimum absolute atomic E-state index is 0.0748. The Labute approximate surface area is 239 Å². The Balaban J connectivity index is 1.38. The van der Waals surface area contributed by atoms with Crippen molar-refractivity contribution in [3.63, 3.8) is 0 Å². The molecule has 0 unspecified atom stereocenters. The molecule has 0 fully saturated rings. The van der Waals surface area contributed by atoms with E-state index in [1.165, 1.54) is 5.56 Å². The van der Waals surface area contributed by atoms with E-state index in [0.29, 0.717) is 23.5 Å². The van der Waals surface area contributed by atoms with Gasteiger partial charge in [0.05, 0.1) is 0 Å². The molecule has 0 radical (unpaired) electrons. The Kier molecular flexibility index (Phi) is 10.5. The zero-order valence-corrected chi connectivity index (χ0v) is 22.7. The molecule has 0 aromatic heterocycles. The maximum atomic E-state index is 13.3. The maximum absolute atomic E-state index is 13.3. The lowest BCUT2D eigenvalue weighted by molar-refractivity contribution is -0.118. The number of alkyl carbamates (subject to hydrolysis) is 1. The van der Waals surface area contributed by atoms with E-state index in [9.17, 15) is 14.4 Å². The lowest BCUT2D eigenvalue weighted by atomic mass is 10.0. The van der Waals surface area contributed by atoms with E-state index >= 15 is 0 Å². The second-order valence-corrected chi connectivity index (χ2v) is 9.63. The third-order valence-corrected chi connectivity index (χ3v) is 6.36. The van der Waals surface area contributed by atoms with Crippen molar-refractivity contribution in [2.24, 2.45) is 0 Å². The summed E-state index contributed by atoms with van der Waals surface area (Å²) in [5.41, 5.74) is 9.96. The summed E-state index contributed by atoms with van der Waals surface area (Å²) >= 11 is 0. The van der Waals surface area contributed by atoms with E-state index < -0.39 is 18.0 Å². The van der Waals surface area contributed by atoms with Crippen LogP contribution in [0.2, 0.25) is 0 Å². The van der Waals surface area contributed by atoms with Crippen molar-refractivity contribution >= 4 is 29.3 Å². The van der Waals surface area contributed by atoms with Crippen molar-refractivity contribution in [3.05, 3.63) is 131 Å². The minimum atomic E-state index is -0.933. The number of nitrogen functional groups attached to an aromatic ring is 1. The molecule has 0 saturated heterocycles. The first kappa shape index (κ1) is 28.9. The monoisotopic (exact) mass is 550 g/mol. The Bertz CT molecular complexity index is 1430. The average molecular weight is 551 g/mol. The molecule has 3 amide bonds. The molecule has 210 valence electrons. The topological polar surface area (TPSA) is 123 Å². The molecule has 0 aliphatic heterocycles. The van der Waals surface area contributed by atoms with Crippen LogP contribution in [-0.2, 0) is 29.0 Å². The van der Waals surface area contributed by atoms with Gasteiger partial charge in [0.2, 0.25) is 5.91 Å². The highest BCUT2D eigenvalue weighted by Gasteiger charge is 2.23. The Morgan fingerprint density at radius 2 is 1.37 bits per heavy atom. The summed E-state index contributed by atoms with van der Waals surface area (Å²) in [5, 5.41) is 8.37. The standard InChI is InChI=1S/C33H34N4O4/c34-28-20-27(31(38)35-18-10-17-24-11-4-1-5-12-24)21-29(22-28)36-32(39)30(19-25-13-6-2-7-14-25)37-33(40)41-23-26-15-8-3-9-16-26/h1-9,11-16,20-22,30H,10,17-19,23,34H2,(H,35,38)(H,36,39)(H,37,40)/t30-/m0/s1. The number of aryl methyl sites for hydroxylation is 1. The summed E-state index contributed by atoms with van der Waals surface area (Å²) in [7, 11) is 0. The van der Waals surface area contributed by atoms with Gasteiger partial charge >= 0.3 is 6.09 Å². The highest BCUT2D eigenvalue weighted by atomic mass is 16.5. The van der Waals surface area contributed by atoms with E-state index in [1.54, 1.807) is 18.2 Å². The van der Waals surface area contributed by atoms with Crippen molar-refractivity contribution in [3.8, 4) is 0 Å². The number of nitrogens with one attached hydrogen (secondary N) is 3. The van der Waals surface area contributed by atoms with Crippen LogP contribution in [0.1, 0.15) is 33.5 Å². The fourth-order valence-corrected chi connectivity index (χ4v) is 4.29. The Hall–Kier alpha value is -5.11. The number of nitrogens with two attached hydrogens (primary N) is 1. The number of amides is 3. The molecule has 0 aliphatic rings. The maximum Gasteiger partial charge on any atom is 0.408 e. The molecule has 5 N–H and O–H groups in total. The molecule has 0 heterocycles. The van der Waals surface area contributed by atoms with Crippen LogP contribution in [0.25, 0.3) is 0 Å². The zero-order chi connectivity index (χ0) is 28.9. The molecule has 41 heavy (non-hydrogen) atoms. The van der Waals surface area contributed by atoms with Crippen LogP contribution < -0.4 is 21.7 Å². The largest absolute Gasteiger partial charge is 0.445 e. The molecule has 0 aliphatic carbocycles. The van der Waals surface area contributed by atoms with Gasteiger partial charge in [0.25, 0.3) is 5.91 Å². The normalized spacial score (nSPS) is 11.2. The summed E-state index contributed by atoms with van der Waals surface area (Å²) < 4.78 is 5.34. The molecule has 0 bridgehead atoms. The number of carbonyl (C=O) groups is 3. The summed E-state index contributed by atoms with van der Waals surface area (Å²) in [4.78, 5) is 38.7. The van der Waals surface area contributed by atoms with Gasteiger partial charge in [-0.3, -0.25) is 9.59 Å². The van der Waals surface area contributed by atoms with Gasteiger partial charge in [-0.05, 0) is 47.7 Å². The van der Waals surface area contributed by atoms with Gasteiger partial charge in [-0.25, -0.2) is 4.79 Å². The van der Waals surface area contributed by atoms with Crippen LogP contribution in [0.5, 0.6) is 0 Å². The van der Waals surface area contributed by atoms with Crippen LogP contribution in [0.4, 0.5) is 16.2 Å². The van der Waals surface area contributed by atoms with Crippen LogP contribution in [0.15, 0.2) is 109 Å². The summed E-state index contributed by atoms with van der Waals surface area (Å²) in [6.45, 7) is 0.573. The van der Waals surface area contributed by atoms with E-state index in [-0.39, 0.29) is 18.9 Å². The molecule has 8 heteroatoms. The number of benzene rings is 4. The number of rotatable bonds is 12. The Morgan fingerprint density at radius 1 is 0.756 bits per heavy atom. The molecule has 1 atom stereocenters. The lowest BCUT2D eigenvalue weighted by Gasteiger charge is -2.19. The van der Waals surface area contributed by atoms with Gasteiger partial charge in [0, 0.05) is 29.9 Å². The molecule has 4 rings (SSSR count). The van der Waals surface area contributed by atoms with Gasteiger partial charge in [-0.15, -0.1) is 0 Å². The van der Waals surface area contributed by atoms with Gasteiger partial charge in [-0.2, -0.15) is 0 Å². The predicted octanol–water partition coefficient (Wildman–Crippen LogP) is 5.11. The van der Waals surface area contributed by atoms with Crippen molar-refractivity contribution in [1.29, 1.82) is 0 Å². The van der Waals surface area contributed by atoms with Crippen molar-refractivity contribution in [2.45, 2.75) is 31.9 Å². The highest BCUT2D eigenvalue weighted by molar-refractivity contribution is 6.00. The van der Waals surface area contributed by atoms with Gasteiger partial charge in [0.1, 0.15) is 12.6 Å². The predicted molar refractivity (Wildman–Crippen MR) is 160 cm³/mol. The second-order valence-electron chi connectivity index (χ2n) is 9.63. The van der Waals surface area contributed by atoms with Crippen LogP contribution in [0, 0.1) is 0 Å². The summed E-state index contributed by atoms with van der Waals surface area (Å²) in [6, 6.07) is 32.4. The first-order chi connectivity index (χ1) is 20.0. The summed E-state index contributed by atoms with van der Waals surface area (Å²) in [6.07, 6.45) is 1.16. The van der Waals surface area contributed by atoms with E-state index in [0.717, 1.165) is 24.0 Å². The van der Waals surface area contributed by atoms with E-state index in [4.69, 9.17) is 10.5 Å². The number of ether oxygens (including phenoxy) is 1. The van der Waals surface area contributed by atoms with E-state index in [1.807, 2.05) is 78.9 Å². The van der Waals surface area contributed by atoms with Crippen molar-refractivity contribution < 1.29 is 19.1 Å². The quantitative estimate of drug-likeness (QED) is 0.144. The van der Waals surface area contributed by atoms with Gasteiger partial charge < -0.3 is 26.4 Å². The van der Waals surface area contributed by atoms with Gasteiger partial charge in [-0.1, -0.05) is 91.0 Å². The smallest absolute Gasteiger partial charge is 0.408 e. The lowest BCUT2D eigenvalue weighted by Crippen LogP contribution is -2.45. The summed E-state index contributed by atoms with van der Waals surface area (Å²) in [5.74, 6) is -0.755. The molecule has 4 aromatic carbocycles. The van der Waals surface area contributed by atoms with Crippen LogP contribution in [0.3, 0.4) is 0 Å². The van der Waals surface area contributed by atoms with Crippen LogP contribution >= 0.6 is 0 Å². The van der Waals surface area contributed by atoms with Crippen LogP contribution in [-0.4, -0.2) is 30.5 Å². The fraction of sp³-hybridized carbons (Fsp3) is 0.182. The molecule has 8 nitrogen and oxygen atoms in total. The number of carbonyl (C=O) groups excluding carboxylic acids is 3. The van der Waals surface area contributed by atoms with Gasteiger partial charge in [0.15, 0.2) is 0 Å². The van der Waals surface area contributed by atoms with Crippen molar-refractivity contribution in [1.82, 2.24) is 10.6 Å². The number of anilines is 2. The first-order valence-corrected chi connectivity index (χ1v) is 13.5. The number of hydrogen-bond donors (Lipinski definition) is 4. The molecule has 4 aromatic rings. The third kappa shape index (κ3) is 9.54. The SMILES string of the molecule is Nc1cc(NC(=O)[C@H](Cc2ccccc2)NC(=O)OCc2ccccc2)cc(C(=O)NCCCc2ccccc2)c1. The molecule has 0 spiro atoms. The zero-order valence-electron chi connectivity index (χ0n) is 22.7. The average Bonchev–Trinajstić information content (AvgIpc) is 2.99. The second kappa shape index (κ2) is 14.9. The third-order valence-electron chi connectivity index (χ3n) is 6.36. The molecular formula is C33H34N4O4. The van der Waals surface area contributed by atoms with Crippen molar-refractivity contribution in [2.75, 3.05) is 17.6 Å². The molecular weight excluding hydrogens is 516 g/mol.